The molecule has 6 rings (SSSR count). The molecule has 38 heavy (non-hydrogen) atoms. The summed E-state index contributed by atoms with van der Waals surface area (Å²) in [5, 5.41) is 0. The van der Waals surface area contributed by atoms with E-state index in [1.54, 1.807) is 0 Å². The number of anilines is 1. The minimum Gasteiger partial charge on any atom is -0.369 e. The third-order valence-electron chi connectivity index (χ3n) is 7.03. The fraction of sp³-hybridized carbons (Fsp3) is 0.200. The smallest absolute Gasteiger partial charge is 0.369 e. The van der Waals surface area contributed by atoms with Crippen molar-refractivity contribution >= 4 is 16.7 Å². The SMILES string of the molecule is FC(F)(F)c1ccc2nc(-c3ccc(-c4cccc(CN5CCN(c6ccncc6)CC5)c4)cc3)[nH]c2c1. The first kappa shape index (κ1) is 24.2. The van der Waals surface area contributed by atoms with Gasteiger partial charge in [0, 0.05) is 56.4 Å². The number of halogens is 3. The summed E-state index contributed by atoms with van der Waals surface area (Å²) in [6, 6.07) is 24.2. The number of rotatable bonds is 5. The molecule has 1 fully saturated rings. The van der Waals surface area contributed by atoms with Crippen LogP contribution >= 0.6 is 0 Å². The van der Waals surface area contributed by atoms with Gasteiger partial charge in [-0.3, -0.25) is 9.88 Å². The van der Waals surface area contributed by atoms with Crippen molar-refractivity contribution in [1.29, 1.82) is 0 Å². The monoisotopic (exact) mass is 513 g/mol. The van der Waals surface area contributed by atoms with Gasteiger partial charge in [-0.15, -0.1) is 0 Å². The van der Waals surface area contributed by atoms with Crippen molar-refractivity contribution in [1.82, 2.24) is 19.9 Å². The third-order valence-corrected chi connectivity index (χ3v) is 7.03. The number of alkyl halides is 3. The molecule has 3 aromatic carbocycles. The minimum absolute atomic E-state index is 0.369. The van der Waals surface area contributed by atoms with Gasteiger partial charge in [0.2, 0.25) is 0 Å². The van der Waals surface area contributed by atoms with Gasteiger partial charge >= 0.3 is 6.18 Å². The predicted octanol–water partition coefficient (Wildman–Crippen LogP) is 6.63. The van der Waals surface area contributed by atoms with Gasteiger partial charge in [-0.05, 0) is 53.1 Å². The molecular weight excluding hydrogens is 487 g/mol. The topological polar surface area (TPSA) is 48.1 Å². The zero-order valence-corrected chi connectivity index (χ0v) is 20.6. The van der Waals surface area contributed by atoms with Crippen molar-refractivity contribution < 1.29 is 13.2 Å². The molecule has 0 radical (unpaired) electrons. The summed E-state index contributed by atoms with van der Waals surface area (Å²) in [5.74, 6) is 0.547. The van der Waals surface area contributed by atoms with E-state index in [1.165, 1.54) is 17.3 Å². The van der Waals surface area contributed by atoms with Crippen molar-refractivity contribution in [2.45, 2.75) is 12.7 Å². The molecule has 0 spiro atoms. The highest BCUT2D eigenvalue weighted by molar-refractivity contribution is 5.80. The first-order valence-electron chi connectivity index (χ1n) is 12.6. The van der Waals surface area contributed by atoms with E-state index in [0.717, 1.165) is 61.5 Å². The highest BCUT2D eigenvalue weighted by atomic mass is 19.4. The Morgan fingerprint density at radius 2 is 1.50 bits per heavy atom. The lowest BCUT2D eigenvalue weighted by molar-refractivity contribution is -0.137. The van der Waals surface area contributed by atoms with Crippen LogP contribution in [0.3, 0.4) is 0 Å². The number of aromatic nitrogens is 3. The summed E-state index contributed by atoms with van der Waals surface area (Å²) in [6.07, 6.45) is -0.711. The zero-order chi connectivity index (χ0) is 26.1. The van der Waals surface area contributed by atoms with Crippen LogP contribution in [0.4, 0.5) is 18.9 Å². The van der Waals surface area contributed by atoms with Crippen molar-refractivity contribution in [3.63, 3.8) is 0 Å². The quantitative estimate of drug-likeness (QED) is 0.287. The molecule has 5 aromatic rings. The Labute approximate surface area is 218 Å². The maximum Gasteiger partial charge on any atom is 0.416 e. The van der Waals surface area contributed by atoms with Crippen molar-refractivity contribution in [3.8, 4) is 22.5 Å². The van der Waals surface area contributed by atoms with Crippen LogP contribution in [0, 0.1) is 0 Å². The Hall–Kier alpha value is -4.17. The summed E-state index contributed by atoms with van der Waals surface area (Å²) < 4.78 is 39.1. The molecule has 5 nitrogen and oxygen atoms in total. The van der Waals surface area contributed by atoms with Gasteiger partial charge in [-0.2, -0.15) is 13.2 Å². The number of nitrogens with zero attached hydrogens (tertiary/aromatic N) is 4. The number of pyridine rings is 1. The standard InChI is InChI=1S/C30H26F3N5/c31-30(32,33)25-8-9-27-28(19-25)36-29(35-27)23-6-4-22(5-7-23)24-3-1-2-21(18-24)20-37-14-16-38(17-15-37)26-10-12-34-13-11-26/h1-13,18-19H,14-17,20H2,(H,35,36). The van der Waals surface area contributed by atoms with E-state index in [1.807, 2.05) is 36.7 Å². The fourth-order valence-electron chi connectivity index (χ4n) is 4.97. The second kappa shape index (κ2) is 9.95. The van der Waals surface area contributed by atoms with Crippen LogP contribution < -0.4 is 4.90 Å². The molecule has 0 atom stereocenters. The Morgan fingerprint density at radius 1 is 0.763 bits per heavy atom. The van der Waals surface area contributed by atoms with Crippen LogP contribution in [0.2, 0.25) is 0 Å². The largest absolute Gasteiger partial charge is 0.416 e. The normalized spacial score (nSPS) is 14.8. The van der Waals surface area contributed by atoms with Gasteiger partial charge < -0.3 is 9.88 Å². The number of hydrogen-bond donors (Lipinski definition) is 1. The number of piperazine rings is 1. The molecule has 0 amide bonds. The van der Waals surface area contributed by atoms with E-state index in [2.05, 4.69) is 61.1 Å². The number of benzene rings is 3. The van der Waals surface area contributed by atoms with Gasteiger partial charge in [-0.1, -0.05) is 42.5 Å². The summed E-state index contributed by atoms with van der Waals surface area (Å²) in [5.41, 5.74) is 5.70. The molecule has 1 aliphatic rings. The van der Waals surface area contributed by atoms with Crippen LogP contribution in [-0.2, 0) is 12.7 Å². The fourth-order valence-corrected chi connectivity index (χ4v) is 4.97. The molecule has 8 heteroatoms. The number of imidazole rings is 1. The average molecular weight is 514 g/mol. The van der Waals surface area contributed by atoms with E-state index in [-0.39, 0.29) is 0 Å². The zero-order valence-electron chi connectivity index (χ0n) is 20.6. The lowest BCUT2D eigenvalue weighted by atomic mass is 10.0. The van der Waals surface area contributed by atoms with Gasteiger partial charge in [0.05, 0.1) is 16.6 Å². The van der Waals surface area contributed by atoms with Gasteiger partial charge in [0.25, 0.3) is 0 Å². The van der Waals surface area contributed by atoms with Crippen molar-refractivity contribution in [2.75, 3.05) is 31.1 Å². The number of fused-ring (bicyclic) bond motifs is 1. The summed E-state index contributed by atoms with van der Waals surface area (Å²) in [4.78, 5) is 16.5. The molecule has 1 N–H and O–H groups in total. The summed E-state index contributed by atoms with van der Waals surface area (Å²) in [7, 11) is 0. The Balaban J connectivity index is 1.13. The Morgan fingerprint density at radius 3 is 2.24 bits per heavy atom. The van der Waals surface area contributed by atoms with Gasteiger partial charge in [0.15, 0.2) is 0 Å². The van der Waals surface area contributed by atoms with Crippen molar-refractivity contribution in [3.05, 3.63) is 102 Å². The van der Waals surface area contributed by atoms with E-state index >= 15 is 0 Å². The van der Waals surface area contributed by atoms with Gasteiger partial charge in [-0.25, -0.2) is 4.98 Å². The molecule has 3 heterocycles. The molecule has 0 aliphatic carbocycles. The highest BCUT2D eigenvalue weighted by Crippen LogP contribution is 2.32. The molecule has 0 saturated carbocycles. The number of nitrogens with one attached hydrogen (secondary N) is 1. The molecule has 1 aliphatic heterocycles. The number of hydrogen-bond acceptors (Lipinski definition) is 4. The van der Waals surface area contributed by atoms with Gasteiger partial charge in [0.1, 0.15) is 5.82 Å². The first-order valence-corrected chi connectivity index (χ1v) is 12.6. The molecule has 0 bridgehead atoms. The Kier molecular flexibility index (Phi) is 6.33. The second-order valence-electron chi connectivity index (χ2n) is 9.56. The maximum atomic E-state index is 13.0. The summed E-state index contributed by atoms with van der Waals surface area (Å²) in [6.45, 7) is 4.89. The van der Waals surface area contributed by atoms with Crippen LogP contribution in [-0.4, -0.2) is 46.0 Å². The molecular formula is C30H26F3N5. The second-order valence-corrected chi connectivity index (χ2v) is 9.56. The predicted molar refractivity (Wildman–Crippen MR) is 144 cm³/mol. The lowest BCUT2D eigenvalue weighted by Crippen LogP contribution is -2.45. The molecule has 2 aromatic heterocycles. The van der Waals surface area contributed by atoms with Crippen LogP contribution in [0.15, 0.2) is 91.3 Å². The molecule has 0 unspecified atom stereocenters. The third kappa shape index (κ3) is 5.13. The molecule has 1 saturated heterocycles. The summed E-state index contributed by atoms with van der Waals surface area (Å²) >= 11 is 0. The lowest BCUT2D eigenvalue weighted by Gasteiger charge is -2.36. The maximum absolute atomic E-state index is 13.0. The first-order chi connectivity index (χ1) is 18.4. The van der Waals surface area contributed by atoms with Crippen LogP contribution in [0.25, 0.3) is 33.5 Å². The molecule has 192 valence electrons. The number of H-pyrrole nitrogens is 1. The van der Waals surface area contributed by atoms with E-state index < -0.39 is 11.7 Å². The van der Waals surface area contributed by atoms with E-state index in [9.17, 15) is 13.2 Å². The van der Waals surface area contributed by atoms with Crippen molar-refractivity contribution in [2.24, 2.45) is 0 Å². The number of aromatic amines is 1. The minimum atomic E-state index is -4.38. The van der Waals surface area contributed by atoms with Crippen LogP contribution in [0.5, 0.6) is 0 Å². The highest BCUT2D eigenvalue weighted by Gasteiger charge is 2.30. The van der Waals surface area contributed by atoms with E-state index in [4.69, 9.17) is 0 Å². The average Bonchev–Trinajstić information content (AvgIpc) is 3.38. The van der Waals surface area contributed by atoms with E-state index in [0.29, 0.717) is 16.9 Å². The van der Waals surface area contributed by atoms with Crippen LogP contribution in [0.1, 0.15) is 11.1 Å². The Bertz CT molecular complexity index is 1540.